The first-order valence-corrected chi connectivity index (χ1v) is 5.15. The van der Waals surface area contributed by atoms with Crippen molar-refractivity contribution in [1.82, 2.24) is 0 Å². The fraction of sp³-hybridized carbons (Fsp3) is 0.417. The molecule has 3 N–H and O–H groups in total. The summed E-state index contributed by atoms with van der Waals surface area (Å²) in [6.07, 6.45) is 0.940. The highest BCUT2D eigenvalue weighted by Gasteiger charge is 2.18. The fourth-order valence-corrected chi connectivity index (χ4v) is 1.54. The van der Waals surface area contributed by atoms with E-state index in [0.717, 1.165) is 12.0 Å². The van der Waals surface area contributed by atoms with Crippen LogP contribution in [0.15, 0.2) is 24.3 Å². The molecule has 16 heavy (non-hydrogen) atoms. The third kappa shape index (κ3) is 3.22. The highest BCUT2D eigenvalue weighted by molar-refractivity contribution is 5.89. The Labute approximate surface area is 102 Å². The zero-order chi connectivity index (χ0) is 11.4. The van der Waals surface area contributed by atoms with Crippen LogP contribution in [0.3, 0.4) is 0 Å². The van der Waals surface area contributed by atoms with Crippen LogP contribution in [0, 0.1) is 5.92 Å². The van der Waals surface area contributed by atoms with Gasteiger partial charge in [-0.05, 0) is 17.5 Å². The predicted molar refractivity (Wildman–Crippen MR) is 67.0 cm³/mol. The molecule has 0 aliphatic heterocycles. The molecule has 0 saturated carbocycles. The van der Waals surface area contributed by atoms with Crippen LogP contribution < -0.4 is 5.73 Å². The average Bonchev–Trinajstić information content (AvgIpc) is 2.27. The largest absolute Gasteiger partial charge is 0.478 e. The van der Waals surface area contributed by atoms with Crippen molar-refractivity contribution in [2.75, 3.05) is 0 Å². The number of carboxylic acid groups (broad SMARTS) is 1. The van der Waals surface area contributed by atoms with Crippen LogP contribution >= 0.6 is 12.4 Å². The molecule has 0 bridgehead atoms. The SMILES string of the molecule is CCC(C)[C@@H](N)c1ccccc1C(=O)O.Cl. The van der Waals surface area contributed by atoms with E-state index in [-0.39, 0.29) is 24.4 Å². The van der Waals surface area contributed by atoms with Gasteiger partial charge in [-0.25, -0.2) is 4.79 Å². The number of carboxylic acids is 1. The van der Waals surface area contributed by atoms with E-state index in [1.54, 1.807) is 18.2 Å². The molecule has 1 aromatic carbocycles. The number of nitrogens with two attached hydrogens (primary N) is 1. The number of hydrogen-bond donors (Lipinski definition) is 2. The summed E-state index contributed by atoms with van der Waals surface area (Å²) in [6, 6.07) is 6.72. The topological polar surface area (TPSA) is 63.3 Å². The molecule has 1 rings (SSSR count). The van der Waals surface area contributed by atoms with Gasteiger partial charge in [0.1, 0.15) is 0 Å². The molecule has 0 radical (unpaired) electrons. The Morgan fingerprint density at radius 3 is 2.50 bits per heavy atom. The summed E-state index contributed by atoms with van der Waals surface area (Å²) in [7, 11) is 0. The van der Waals surface area contributed by atoms with E-state index in [2.05, 4.69) is 0 Å². The lowest BCUT2D eigenvalue weighted by molar-refractivity contribution is 0.0694. The number of benzene rings is 1. The van der Waals surface area contributed by atoms with Gasteiger partial charge in [-0.1, -0.05) is 38.5 Å². The minimum atomic E-state index is -0.913. The minimum Gasteiger partial charge on any atom is -0.478 e. The summed E-state index contributed by atoms with van der Waals surface area (Å²) in [5.74, 6) is -0.630. The lowest BCUT2D eigenvalue weighted by atomic mass is 9.90. The van der Waals surface area contributed by atoms with Gasteiger partial charge in [-0.3, -0.25) is 0 Å². The normalized spacial score (nSPS) is 13.7. The van der Waals surface area contributed by atoms with Crippen LogP contribution in [0.1, 0.15) is 42.2 Å². The van der Waals surface area contributed by atoms with Gasteiger partial charge in [0, 0.05) is 6.04 Å². The number of carbonyl (C=O) groups is 1. The summed E-state index contributed by atoms with van der Waals surface area (Å²) in [4.78, 5) is 11.0. The Morgan fingerprint density at radius 1 is 1.44 bits per heavy atom. The highest BCUT2D eigenvalue weighted by atomic mass is 35.5. The molecule has 90 valence electrons. The fourth-order valence-electron chi connectivity index (χ4n) is 1.54. The first-order valence-electron chi connectivity index (χ1n) is 5.15. The van der Waals surface area contributed by atoms with E-state index in [0.29, 0.717) is 5.56 Å². The first-order chi connectivity index (χ1) is 7.07. The Hall–Kier alpha value is -1.06. The van der Waals surface area contributed by atoms with Gasteiger partial charge in [0.05, 0.1) is 5.56 Å². The van der Waals surface area contributed by atoms with Crippen LogP contribution in [0.25, 0.3) is 0 Å². The van der Waals surface area contributed by atoms with Gasteiger partial charge < -0.3 is 10.8 Å². The Bertz CT molecular complexity index is 355. The summed E-state index contributed by atoms with van der Waals surface area (Å²) in [5.41, 5.74) is 7.06. The molecule has 0 amide bonds. The van der Waals surface area contributed by atoms with E-state index >= 15 is 0 Å². The van der Waals surface area contributed by atoms with Gasteiger partial charge in [0.2, 0.25) is 0 Å². The van der Waals surface area contributed by atoms with Crippen LogP contribution in [-0.2, 0) is 0 Å². The smallest absolute Gasteiger partial charge is 0.336 e. The lowest BCUT2D eigenvalue weighted by Crippen LogP contribution is -2.21. The molecule has 0 aliphatic rings. The second-order valence-electron chi connectivity index (χ2n) is 3.80. The van der Waals surface area contributed by atoms with Gasteiger partial charge in [0.15, 0.2) is 0 Å². The van der Waals surface area contributed by atoms with Gasteiger partial charge >= 0.3 is 5.97 Å². The zero-order valence-electron chi connectivity index (χ0n) is 9.51. The van der Waals surface area contributed by atoms with Crippen LogP contribution in [0.2, 0.25) is 0 Å². The van der Waals surface area contributed by atoms with Crippen molar-refractivity contribution in [1.29, 1.82) is 0 Å². The number of halogens is 1. The summed E-state index contributed by atoms with van der Waals surface area (Å²) < 4.78 is 0. The first kappa shape index (κ1) is 14.9. The average molecular weight is 244 g/mol. The van der Waals surface area contributed by atoms with Crippen molar-refractivity contribution >= 4 is 18.4 Å². The van der Waals surface area contributed by atoms with Crippen LogP contribution in [-0.4, -0.2) is 11.1 Å². The molecule has 4 heteroatoms. The van der Waals surface area contributed by atoms with E-state index in [4.69, 9.17) is 10.8 Å². The maximum absolute atomic E-state index is 11.0. The van der Waals surface area contributed by atoms with Gasteiger partial charge in [0.25, 0.3) is 0 Å². The molecule has 0 aromatic heterocycles. The third-order valence-electron chi connectivity index (χ3n) is 2.81. The molecule has 0 spiro atoms. The minimum absolute atomic E-state index is 0. The molecular formula is C12H18ClNO2. The lowest BCUT2D eigenvalue weighted by Gasteiger charge is -2.20. The molecule has 2 atom stereocenters. The van der Waals surface area contributed by atoms with E-state index in [1.165, 1.54) is 0 Å². The molecule has 0 fully saturated rings. The number of hydrogen-bond acceptors (Lipinski definition) is 2. The molecule has 0 saturated heterocycles. The predicted octanol–water partition coefficient (Wildman–Crippen LogP) is 2.85. The van der Waals surface area contributed by atoms with E-state index < -0.39 is 5.97 Å². The monoisotopic (exact) mass is 243 g/mol. The van der Waals surface area contributed by atoms with Crippen molar-refractivity contribution in [3.8, 4) is 0 Å². The molecule has 0 heterocycles. The Balaban J connectivity index is 0.00000225. The third-order valence-corrected chi connectivity index (χ3v) is 2.81. The van der Waals surface area contributed by atoms with Crippen molar-refractivity contribution in [2.24, 2.45) is 11.7 Å². The second-order valence-corrected chi connectivity index (χ2v) is 3.80. The van der Waals surface area contributed by atoms with Crippen LogP contribution in [0.4, 0.5) is 0 Å². The molecule has 1 unspecified atom stereocenters. The maximum Gasteiger partial charge on any atom is 0.336 e. The van der Waals surface area contributed by atoms with E-state index in [1.807, 2.05) is 19.9 Å². The summed E-state index contributed by atoms with van der Waals surface area (Å²) >= 11 is 0. The summed E-state index contributed by atoms with van der Waals surface area (Å²) in [5, 5.41) is 9.01. The maximum atomic E-state index is 11.0. The quantitative estimate of drug-likeness (QED) is 0.855. The van der Waals surface area contributed by atoms with E-state index in [9.17, 15) is 4.79 Å². The molecule has 3 nitrogen and oxygen atoms in total. The number of rotatable bonds is 4. The molecule has 1 aromatic rings. The Morgan fingerprint density at radius 2 is 2.00 bits per heavy atom. The van der Waals surface area contributed by atoms with Gasteiger partial charge in [-0.2, -0.15) is 0 Å². The van der Waals surface area contributed by atoms with Crippen molar-refractivity contribution in [2.45, 2.75) is 26.3 Å². The van der Waals surface area contributed by atoms with Gasteiger partial charge in [-0.15, -0.1) is 12.4 Å². The second kappa shape index (κ2) is 6.51. The number of aromatic carboxylic acids is 1. The van der Waals surface area contributed by atoms with Crippen molar-refractivity contribution in [3.63, 3.8) is 0 Å². The zero-order valence-corrected chi connectivity index (χ0v) is 10.3. The molecule has 0 aliphatic carbocycles. The highest BCUT2D eigenvalue weighted by Crippen LogP contribution is 2.24. The standard InChI is InChI=1S/C12H17NO2.ClH/c1-3-8(2)11(13)9-6-4-5-7-10(9)12(14)15;/h4-8,11H,3,13H2,1-2H3,(H,14,15);1H/t8?,11-;/m1./s1. The van der Waals surface area contributed by atoms with Crippen molar-refractivity contribution < 1.29 is 9.90 Å². The van der Waals surface area contributed by atoms with Crippen molar-refractivity contribution in [3.05, 3.63) is 35.4 Å². The Kier molecular flexibility index (Phi) is 6.08. The summed E-state index contributed by atoms with van der Waals surface area (Å²) in [6.45, 7) is 4.08. The van der Waals surface area contributed by atoms with Crippen LogP contribution in [0.5, 0.6) is 0 Å². The molecular weight excluding hydrogens is 226 g/mol.